The van der Waals surface area contributed by atoms with Gasteiger partial charge in [-0.25, -0.2) is 18.1 Å². The zero-order valence-corrected chi connectivity index (χ0v) is 13.0. The van der Waals surface area contributed by atoms with Crippen LogP contribution >= 0.6 is 11.3 Å². The van der Waals surface area contributed by atoms with Crippen molar-refractivity contribution in [3.05, 3.63) is 27.3 Å². The summed E-state index contributed by atoms with van der Waals surface area (Å²) in [7, 11) is -3.27. The van der Waals surface area contributed by atoms with Gasteiger partial charge < -0.3 is 5.32 Å². The number of sulfonamides is 1. The third-order valence-electron chi connectivity index (χ3n) is 2.61. The Bertz CT molecular complexity index is 785. The van der Waals surface area contributed by atoms with Crippen LogP contribution in [-0.4, -0.2) is 37.7 Å². The third-order valence-corrected chi connectivity index (χ3v) is 4.28. The number of fused-ring (bicyclic) bond motifs is 1. The Morgan fingerprint density at radius 2 is 2.10 bits per heavy atom. The van der Waals surface area contributed by atoms with E-state index in [0.29, 0.717) is 11.2 Å². The van der Waals surface area contributed by atoms with Crippen molar-refractivity contribution in [1.29, 1.82) is 0 Å². The van der Waals surface area contributed by atoms with Crippen LogP contribution in [0.2, 0.25) is 0 Å². The lowest BCUT2D eigenvalue weighted by molar-refractivity contribution is -0.383. The number of hydrogen-bond acceptors (Lipinski definition) is 7. The lowest BCUT2D eigenvalue weighted by Gasteiger charge is -2.07. The normalized spacial score (nSPS) is 11.7. The largest absolute Gasteiger partial charge is 0.378 e. The topological polar surface area (TPSA) is 114 Å². The molecule has 10 heteroatoms. The van der Waals surface area contributed by atoms with Crippen LogP contribution in [0, 0.1) is 17.0 Å². The Hall–Kier alpha value is -1.78. The van der Waals surface area contributed by atoms with Crippen molar-refractivity contribution in [2.75, 3.05) is 24.7 Å². The zero-order valence-electron chi connectivity index (χ0n) is 11.4. The first kappa shape index (κ1) is 15.6. The molecular weight excluding hydrogens is 316 g/mol. The average molecular weight is 330 g/mol. The fraction of sp³-hybridized carbons (Fsp3) is 0.364. The van der Waals surface area contributed by atoms with Gasteiger partial charge in [0.1, 0.15) is 5.69 Å². The van der Waals surface area contributed by atoms with Crippen LogP contribution in [0.1, 0.15) is 5.01 Å². The minimum absolute atomic E-state index is 0.0505. The summed E-state index contributed by atoms with van der Waals surface area (Å²) in [5, 5.41) is 14.8. The molecule has 0 unspecified atom stereocenters. The van der Waals surface area contributed by atoms with Crippen molar-refractivity contribution in [3.63, 3.8) is 0 Å². The molecule has 0 radical (unpaired) electrons. The van der Waals surface area contributed by atoms with E-state index >= 15 is 0 Å². The minimum atomic E-state index is -3.27. The maximum atomic E-state index is 11.1. The average Bonchev–Trinajstić information content (AvgIpc) is 2.71. The molecule has 0 bridgehead atoms. The molecule has 0 aliphatic rings. The molecule has 2 aromatic rings. The van der Waals surface area contributed by atoms with Crippen molar-refractivity contribution in [2.45, 2.75) is 6.92 Å². The van der Waals surface area contributed by atoms with E-state index in [0.717, 1.165) is 16.0 Å². The van der Waals surface area contributed by atoms with Gasteiger partial charge in [-0.3, -0.25) is 10.1 Å². The number of aromatic nitrogens is 1. The second kappa shape index (κ2) is 5.92. The van der Waals surface area contributed by atoms with Gasteiger partial charge in [0, 0.05) is 19.2 Å². The lowest BCUT2D eigenvalue weighted by Crippen LogP contribution is -2.27. The summed E-state index contributed by atoms with van der Waals surface area (Å²) in [6, 6.07) is 3.09. The number of nitrogens with zero attached hydrogens (tertiary/aromatic N) is 2. The Labute approximate surface area is 125 Å². The van der Waals surface area contributed by atoms with Crippen LogP contribution in [0.4, 0.5) is 11.4 Å². The SMILES string of the molecule is Cc1nc2cc(NCCNS(C)(=O)=O)c([N+](=O)[O-])cc2s1. The van der Waals surface area contributed by atoms with Crippen molar-refractivity contribution in [3.8, 4) is 0 Å². The molecule has 0 aliphatic carbocycles. The molecule has 0 fully saturated rings. The molecule has 21 heavy (non-hydrogen) atoms. The van der Waals surface area contributed by atoms with E-state index in [9.17, 15) is 18.5 Å². The second-order valence-electron chi connectivity index (χ2n) is 4.42. The number of nitro groups is 1. The number of benzene rings is 1. The fourth-order valence-corrected chi connectivity index (χ4v) is 3.12. The van der Waals surface area contributed by atoms with E-state index in [1.165, 1.54) is 17.4 Å². The van der Waals surface area contributed by atoms with Crippen LogP contribution in [0.3, 0.4) is 0 Å². The van der Waals surface area contributed by atoms with E-state index < -0.39 is 14.9 Å². The molecule has 1 aromatic heterocycles. The van der Waals surface area contributed by atoms with E-state index in [-0.39, 0.29) is 18.8 Å². The molecule has 1 aromatic carbocycles. The summed E-state index contributed by atoms with van der Waals surface area (Å²) in [6.07, 6.45) is 1.06. The van der Waals surface area contributed by atoms with Crippen molar-refractivity contribution in [1.82, 2.24) is 9.71 Å². The smallest absolute Gasteiger partial charge is 0.293 e. The predicted molar refractivity (Wildman–Crippen MR) is 82.3 cm³/mol. The first-order valence-electron chi connectivity index (χ1n) is 6.00. The summed E-state index contributed by atoms with van der Waals surface area (Å²) in [6.45, 7) is 2.21. The molecular formula is C11H14N4O4S2. The molecule has 0 spiro atoms. The number of anilines is 1. The Balaban J connectivity index is 2.20. The highest BCUT2D eigenvalue weighted by molar-refractivity contribution is 7.88. The fourth-order valence-electron chi connectivity index (χ4n) is 1.80. The summed E-state index contributed by atoms with van der Waals surface area (Å²) in [4.78, 5) is 14.9. The summed E-state index contributed by atoms with van der Waals surface area (Å²) in [5.41, 5.74) is 0.959. The summed E-state index contributed by atoms with van der Waals surface area (Å²) in [5.74, 6) is 0. The first-order chi connectivity index (χ1) is 9.76. The standard InChI is InChI=1S/C11H14N4O4S2/c1-7-14-9-5-8(12-3-4-13-21(2,18)19)10(15(16)17)6-11(9)20-7/h5-6,12-13H,3-4H2,1-2H3. The molecule has 1 heterocycles. The van der Waals surface area contributed by atoms with Crippen molar-refractivity contribution >= 4 is 43.0 Å². The Morgan fingerprint density at radius 1 is 1.38 bits per heavy atom. The molecule has 0 aliphatic heterocycles. The summed E-state index contributed by atoms with van der Waals surface area (Å²) >= 11 is 1.39. The van der Waals surface area contributed by atoms with E-state index in [2.05, 4.69) is 15.0 Å². The molecule has 0 saturated carbocycles. The molecule has 2 N–H and O–H groups in total. The van der Waals surface area contributed by atoms with Gasteiger partial charge in [-0.2, -0.15) is 0 Å². The Morgan fingerprint density at radius 3 is 2.71 bits per heavy atom. The maximum Gasteiger partial charge on any atom is 0.293 e. The second-order valence-corrected chi connectivity index (χ2v) is 7.49. The molecule has 0 atom stereocenters. The number of nitro benzene ring substituents is 1. The van der Waals surface area contributed by atoms with Crippen LogP contribution in [0.15, 0.2) is 12.1 Å². The zero-order chi connectivity index (χ0) is 15.6. The highest BCUT2D eigenvalue weighted by Gasteiger charge is 2.16. The van der Waals surface area contributed by atoms with Crippen molar-refractivity contribution < 1.29 is 13.3 Å². The molecule has 0 amide bonds. The van der Waals surface area contributed by atoms with Gasteiger partial charge in [-0.15, -0.1) is 11.3 Å². The predicted octanol–water partition coefficient (Wildman–Crippen LogP) is 1.47. The van der Waals surface area contributed by atoms with Crippen molar-refractivity contribution in [2.24, 2.45) is 0 Å². The van der Waals surface area contributed by atoms with Gasteiger partial charge in [-0.05, 0) is 13.0 Å². The summed E-state index contributed by atoms with van der Waals surface area (Å²) < 4.78 is 24.9. The van der Waals surface area contributed by atoms with Gasteiger partial charge in [0.2, 0.25) is 10.0 Å². The minimum Gasteiger partial charge on any atom is -0.378 e. The monoisotopic (exact) mass is 330 g/mol. The number of aryl methyl sites for hydroxylation is 1. The third kappa shape index (κ3) is 4.09. The molecule has 114 valence electrons. The quantitative estimate of drug-likeness (QED) is 0.471. The number of hydrogen-bond donors (Lipinski definition) is 2. The first-order valence-corrected chi connectivity index (χ1v) is 8.71. The van der Waals surface area contributed by atoms with Gasteiger partial charge in [0.15, 0.2) is 0 Å². The van der Waals surface area contributed by atoms with Gasteiger partial charge in [0.05, 0.1) is 26.4 Å². The van der Waals surface area contributed by atoms with Crippen LogP contribution in [0.5, 0.6) is 0 Å². The van der Waals surface area contributed by atoms with Crippen LogP contribution in [0.25, 0.3) is 10.2 Å². The van der Waals surface area contributed by atoms with Gasteiger partial charge in [0.25, 0.3) is 5.69 Å². The van der Waals surface area contributed by atoms with E-state index in [1.807, 2.05) is 6.92 Å². The lowest BCUT2D eigenvalue weighted by atomic mass is 10.2. The molecule has 0 saturated heterocycles. The van der Waals surface area contributed by atoms with Crippen LogP contribution in [-0.2, 0) is 10.0 Å². The Kier molecular flexibility index (Phi) is 4.40. The van der Waals surface area contributed by atoms with Gasteiger partial charge >= 0.3 is 0 Å². The van der Waals surface area contributed by atoms with Gasteiger partial charge in [-0.1, -0.05) is 0 Å². The van der Waals surface area contributed by atoms with E-state index in [4.69, 9.17) is 0 Å². The molecule has 8 nitrogen and oxygen atoms in total. The maximum absolute atomic E-state index is 11.1. The van der Waals surface area contributed by atoms with Crippen LogP contribution < -0.4 is 10.0 Å². The number of nitrogens with one attached hydrogen (secondary N) is 2. The number of rotatable bonds is 6. The number of thiazole rings is 1. The van der Waals surface area contributed by atoms with E-state index in [1.54, 1.807) is 6.07 Å². The highest BCUT2D eigenvalue weighted by Crippen LogP contribution is 2.32. The highest BCUT2D eigenvalue weighted by atomic mass is 32.2. The molecule has 2 rings (SSSR count).